The quantitative estimate of drug-likeness (QED) is 0.491. The Kier molecular flexibility index (Phi) is 6.63. The van der Waals surface area contributed by atoms with Gasteiger partial charge in [-0.15, -0.1) is 0 Å². The molecule has 0 amide bonds. The lowest BCUT2D eigenvalue weighted by Gasteiger charge is -2.21. The molecule has 148 valence electrons. The zero-order valence-electron chi connectivity index (χ0n) is 16.8. The van der Waals surface area contributed by atoms with Gasteiger partial charge in [-0.1, -0.05) is 31.2 Å². The molecule has 0 spiro atoms. The van der Waals surface area contributed by atoms with E-state index in [9.17, 15) is 4.79 Å². The van der Waals surface area contributed by atoms with Crippen molar-refractivity contribution in [1.82, 2.24) is 15.2 Å². The fourth-order valence-corrected chi connectivity index (χ4v) is 3.55. The minimum atomic E-state index is -0.145. The van der Waals surface area contributed by atoms with Gasteiger partial charge in [-0.2, -0.15) is 0 Å². The first-order valence-corrected chi connectivity index (χ1v) is 9.73. The Bertz CT molecular complexity index is 822. The van der Waals surface area contributed by atoms with Gasteiger partial charge < -0.3 is 15.0 Å². The van der Waals surface area contributed by atoms with E-state index in [-0.39, 0.29) is 17.8 Å². The number of hydrogen-bond acceptors (Lipinski definition) is 4. The van der Waals surface area contributed by atoms with Crippen LogP contribution in [0.1, 0.15) is 19.4 Å². The maximum Gasteiger partial charge on any atom is 0.310 e. The topological polar surface area (TPSA) is 66.8 Å². The second kappa shape index (κ2) is 9.35. The number of nitrogens with zero attached hydrogens (tertiary/aromatic N) is 3. The highest BCUT2D eigenvalue weighted by Crippen LogP contribution is 2.24. The molecule has 0 aliphatic carbocycles. The van der Waals surface area contributed by atoms with Gasteiger partial charge in [-0.3, -0.25) is 9.78 Å². The van der Waals surface area contributed by atoms with Crippen molar-refractivity contribution in [3.8, 4) is 11.3 Å². The number of ether oxygens (including phenoxy) is 1. The first-order chi connectivity index (χ1) is 13.6. The molecule has 1 aromatic heterocycles. The number of esters is 1. The van der Waals surface area contributed by atoms with Crippen LogP contribution in [0.4, 0.5) is 0 Å². The third kappa shape index (κ3) is 4.68. The van der Waals surface area contributed by atoms with Gasteiger partial charge in [0, 0.05) is 31.4 Å². The lowest BCUT2D eigenvalue weighted by Crippen LogP contribution is -2.40. The molecule has 2 heterocycles. The van der Waals surface area contributed by atoms with E-state index in [4.69, 9.17) is 9.73 Å². The zero-order chi connectivity index (χ0) is 19.9. The summed E-state index contributed by atoms with van der Waals surface area (Å²) < 4.78 is 4.95. The van der Waals surface area contributed by atoms with Crippen molar-refractivity contribution in [3.05, 3.63) is 54.2 Å². The molecular formula is C22H28N4O2. The van der Waals surface area contributed by atoms with Crippen molar-refractivity contribution in [2.24, 2.45) is 16.8 Å². The maximum atomic E-state index is 12.0. The molecule has 2 atom stereocenters. The fraction of sp³-hybridized carbons (Fsp3) is 0.409. The van der Waals surface area contributed by atoms with Crippen molar-refractivity contribution in [3.63, 3.8) is 0 Å². The first kappa shape index (κ1) is 19.9. The van der Waals surface area contributed by atoms with Crippen LogP contribution in [-0.2, 0) is 16.1 Å². The number of pyridine rings is 1. The van der Waals surface area contributed by atoms with Crippen LogP contribution in [-0.4, -0.2) is 48.6 Å². The van der Waals surface area contributed by atoms with Crippen LogP contribution >= 0.6 is 0 Å². The number of likely N-dealkylation sites (tertiary alicyclic amines) is 1. The summed E-state index contributed by atoms with van der Waals surface area (Å²) in [7, 11) is 1.45. The van der Waals surface area contributed by atoms with Crippen LogP contribution in [0.3, 0.4) is 0 Å². The lowest BCUT2D eigenvalue weighted by molar-refractivity contribution is -0.145. The summed E-state index contributed by atoms with van der Waals surface area (Å²) in [6.45, 7) is 6.90. The summed E-state index contributed by atoms with van der Waals surface area (Å²) >= 11 is 0. The van der Waals surface area contributed by atoms with Crippen LogP contribution in [0.15, 0.2) is 53.7 Å². The number of methoxy groups -OCH3 is 1. The third-order valence-electron chi connectivity index (χ3n) is 5.05. The molecule has 1 aliphatic rings. The molecular weight excluding hydrogens is 352 g/mol. The van der Waals surface area contributed by atoms with Gasteiger partial charge in [0.1, 0.15) is 0 Å². The van der Waals surface area contributed by atoms with Crippen molar-refractivity contribution in [1.29, 1.82) is 0 Å². The number of carbonyl (C=O) groups excluding carboxylic acids is 1. The minimum absolute atomic E-state index is 0.110. The average Bonchev–Trinajstić information content (AvgIpc) is 3.13. The number of guanidine groups is 1. The Hall–Kier alpha value is -2.89. The van der Waals surface area contributed by atoms with Gasteiger partial charge in [0.05, 0.1) is 25.3 Å². The highest BCUT2D eigenvalue weighted by molar-refractivity contribution is 5.82. The largest absolute Gasteiger partial charge is 0.469 e. The number of benzene rings is 1. The molecule has 1 aromatic carbocycles. The van der Waals surface area contributed by atoms with Crippen molar-refractivity contribution >= 4 is 11.9 Å². The molecule has 1 N–H and O–H groups in total. The molecule has 2 aromatic rings. The van der Waals surface area contributed by atoms with Crippen molar-refractivity contribution in [2.75, 3.05) is 26.7 Å². The van der Waals surface area contributed by atoms with Crippen LogP contribution in [0.2, 0.25) is 0 Å². The fourth-order valence-electron chi connectivity index (χ4n) is 3.55. The second-order valence-electron chi connectivity index (χ2n) is 7.10. The summed E-state index contributed by atoms with van der Waals surface area (Å²) in [6, 6.07) is 14.2. The summed E-state index contributed by atoms with van der Waals surface area (Å²) in [5.41, 5.74) is 3.16. The SMILES string of the molecule is CCNC(=NCc1cccc(-c2ccccn2)c1)N1CC(C)C(C(=O)OC)C1. The van der Waals surface area contributed by atoms with E-state index >= 15 is 0 Å². The van der Waals surface area contributed by atoms with Gasteiger partial charge in [-0.05, 0) is 36.6 Å². The summed E-state index contributed by atoms with van der Waals surface area (Å²) in [5.74, 6) is 0.822. The van der Waals surface area contributed by atoms with E-state index in [1.165, 1.54) is 7.11 Å². The van der Waals surface area contributed by atoms with Crippen LogP contribution in [0, 0.1) is 11.8 Å². The number of aliphatic imine (C=N–C) groups is 1. The minimum Gasteiger partial charge on any atom is -0.469 e. The molecule has 0 bridgehead atoms. The van der Waals surface area contributed by atoms with Crippen molar-refractivity contribution in [2.45, 2.75) is 20.4 Å². The van der Waals surface area contributed by atoms with Gasteiger partial charge in [0.2, 0.25) is 0 Å². The molecule has 1 saturated heterocycles. The monoisotopic (exact) mass is 380 g/mol. The number of nitrogens with one attached hydrogen (secondary N) is 1. The number of carbonyl (C=O) groups is 1. The second-order valence-corrected chi connectivity index (χ2v) is 7.10. The molecule has 1 fully saturated rings. The normalized spacial score (nSPS) is 19.5. The van der Waals surface area contributed by atoms with E-state index in [2.05, 4.69) is 47.2 Å². The molecule has 2 unspecified atom stereocenters. The first-order valence-electron chi connectivity index (χ1n) is 9.73. The van der Waals surface area contributed by atoms with E-state index in [0.717, 1.165) is 35.9 Å². The van der Waals surface area contributed by atoms with Gasteiger partial charge in [-0.25, -0.2) is 4.99 Å². The molecule has 0 saturated carbocycles. The highest BCUT2D eigenvalue weighted by Gasteiger charge is 2.36. The van der Waals surface area contributed by atoms with E-state index in [1.807, 2.05) is 24.3 Å². The smallest absolute Gasteiger partial charge is 0.310 e. The van der Waals surface area contributed by atoms with Gasteiger partial charge in [0.25, 0.3) is 0 Å². The molecule has 28 heavy (non-hydrogen) atoms. The number of hydrogen-bond donors (Lipinski definition) is 1. The Morgan fingerprint density at radius 2 is 2.14 bits per heavy atom. The summed E-state index contributed by atoms with van der Waals surface area (Å²) in [4.78, 5) is 23.4. The van der Waals surface area contributed by atoms with E-state index in [1.54, 1.807) is 6.20 Å². The zero-order valence-corrected chi connectivity index (χ0v) is 16.8. The molecule has 3 rings (SSSR count). The van der Waals surface area contributed by atoms with Gasteiger partial charge >= 0.3 is 5.97 Å². The third-order valence-corrected chi connectivity index (χ3v) is 5.05. The van der Waals surface area contributed by atoms with Crippen LogP contribution < -0.4 is 5.32 Å². The van der Waals surface area contributed by atoms with Crippen molar-refractivity contribution < 1.29 is 9.53 Å². The predicted octanol–water partition coefficient (Wildman–Crippen LogP) is 2.96. The molecule has 6 nitrogen and oxygen atoms in total. The van der Waals surface area contributed by atoms with Crippen LogP contribution in [0.5, 0.6) is 0 Å². The Morgan fingerprint density at radius 3 is 2.86 bits per heavy atom. The Balaban J connectivity index is 1.74. The number of rotatable bonds is 5. The van der Waals surface area contributed by atoms with E-state index < -0.39 is 0 Å². The Morgan fingerprint density at radius 1 is 1.29 bits per heavy atom. The predicted molar refractivity (Wildman–Crippen MR) is 111 cm³/mol. The molecule has 1 aliphatic heterocycles. The van der Waals surface area contributed by atoms with Gasteiger partial charge in [0.15, 0.2) is 5.96 Å². The molecule has 0 radical (unpaired) electrons. The average molecular weight is 380 g/mol. The Labute approximate surface area is 166 Å². The standard InChI is InChI=1S/C22H28N4O2/c1-4-23-22(26-14-16(2)19(15-26)21(27)28-3)25-13-17-8-7-9-18(12-17)20-10-5-6-11-24-20/h5-12,16,19H,4,13-15H2,1-3H3,(H,23,25). The lowest BCUT2D eigenvalue weighted by atomic mass is 9.99. The van der Waals surface area contributed by atoms with E-state index in [0.29, 0.717) is 13.1 Å². The summed E-state index contributed by atoms with van der Waals surface area (Å²) in [5, 5.41) is 3.35. The van der Waals surface area contributed by atoms with Crippen LogP contribution in [0.25, 0.3) is 11.3 Å². The maximum absolute atomic E-state index is 12.0. The highest BCUT2D eigenvalue weighted by atomic mass is 16.5. The molecule has 6 heteroatoms. The summed E-state index contributed by atoms with van der Waals surface area (Å²) in [6.07, 6.45) is 1.80. The number of aromatic nitrogens is 1.